The summed E-state index contributed by atoms with van der Waals surface area (Å²) >= 11 is 10.5. The first kappa shape index (κ1) is 31.8. The highest BCUT2D eigenvalue weighted by Crippen LogP contribution is 2.37. The Hall–Kier alpha value is -4.16. The van der Waals surface area contributed by atoms with Crippen molar-refractivity contribution in [1.29, 1.82) is 0 Å². The second kappa shape index (κ2) is 14.5. The number of ether oxygens (including phenoxy) is 3. The van der Waals surface area contributed by atoms with E-state index in [1.807, 2.05) is 71.6 Å². The topological polar surface area (TPSA) is 127 Å². The van der Waals surface area contributed by atoms with Crippen molar-refractivity contribution in [3.8, 4) is 28.4 Å². The molecule has 2 N–H and O–H groups in total. The summed E-state index contributed by atoms with van der Waals surface area (Å²) in [6.45, 7) is 2.42. The molecule has 4 aromatic carbocycles. The predicted molar refractivity (Wildman–Crippen MR) is 175 cm³/mol. The highest BCUT2D eigenvalue weighted by molar-refractivity contribution is 9.10. The molecule has 0 atom stereocenters. The number of carboxylic acids is 1. The first-order valence-electron chi connectivity index (χ1n) is 14.7. The summed E-state index contributed by atoms with van der Waals surface area (Å²) in [4.78, 5) is 13.4. The molecule has 1 saturated heterocycles. The molecule has 1 aromatic heterocycles. The first-order valence-corrected chi connectivity index (χ1v) is 15.9. The maximum absolute atomic E-state index is 11.3. The van der Waals surface area contributed by atoms with Crippen LogP contribution in [-0.2, 0) is 24.6 Å². The van der Waals surface area contributed by atoms with Crippen LogP contribution < -0.4 is 14.2 Å². The number of halogens is 2. The first-order chi connectivity index (χ1) is 22.4. The number of fused-ring (bicyclic) bond motifs is 1. The fourth-order valence-corrected chi connectivity index (χ4v) is 6.05. The summed E-state index contributed by atoms with van der Waals surface area (Å²) in [5.74, 6) is 0.609. The zero-order valence-corrected chi connectivity index (χ0v) is 27.0. The second-order valence-electron chi connectivity index (χ2n) is 11.0. The number of hydrogen-bond acceptors (Lipinski definition) is 9. The average molecular weight is 709 g/mol. The third-order valence-corrected chi connectivity index (χ3v) is 8.94. The molecule has 0 saturated carbocycles. The maximum atomic E-state index is 11.3. The molecule has 46 heavy (non-hydrogen) atoms. The fourth-order valence-electron chi connectivity index (χ4n) is 5.20. The van der Waals surface area contributed by atoms with Crippen molar-refractivity contribution >= 4 is 44.5 Å². The van der Waals surface area contributed by atoms with Gasteiger partial charge < -0.3 is 24.4 Å². The van der Waals surface area contributed by atoms with Gasteiger partial charge in [-0.1, -0.05) is 48.0 Å². The van der Waals surface area contributed by atoms with E-state index >= 15 is 0 Å². The minimum Gasteiger partial charge on any atom is -0.493 e. The van der Waals surface area contributed by atoms with Gasteiger partial charge in [0.2, 0.25) is 0 Å². The lowest BCUT2D eigenvalue weighted by Gasteiger charge is -2.37. The number of hydrogen-bond donors (Lipinski definition) is 2. The highest BCUT2D eigenvalue weighted by Gasteiger charge is 2.33. The van der Waals surface area contributed by atoms with E-state index in [0.717, 1.165) is 38.0 Å². The lowest BCUT2D eigenvalue weighted by atomic mass is 9.99. The molecule has 238 valence electrons. The number of carbonyl (C=O) groups is 1. The van der Waals surface area contributed by atoms with Crippen molar-refractivity contribution in [2.24, 2.45) is 5.92 Å². The third-order valence-electron chi connectivity index (χ3n) is 7.71. The quantitative estimate of drug-likeness (QED) is 0.120. The van der Waals surface area contributed by atoms with Gasteiger partial charge in [-0.25, -0.2) is 4.63 Å². The summed E-state index contributed by atoms with van der Waals surface area (Å²) in [7, 11) is 0. The second-order valence-corrected chi connectivity index (χ2v) is 12.2. The van der Waals surface area contributed by atoms with Crippen LogP contribution in [0.3, 0.4) is 0 Å². The molecule has 2 heterocycles. The fraction of sp³-hybridized carbons (Fsp3) is 0.265. The van der Waals surface area contributed by atoms with Crippen LogP contribution in [0, 0.1) is 5.92 Å². The van der Waals surface area contributed by atoms with Gasteiger partial charge in [-0.3, -0.25) is 9.69 Å². The lowest BCUT2D eigenvalue weighted by molar-refractivity contribution is -0.147. The van der Waals surface area contributed by atoms with Crippen molar-refractivity contribution in [3.63, 3.8) is 0 Å². The Morgan fingerprint density at radius 2 is 1.74 bits per heavy atom. The highest BCUT2D eigenvalue weighted by atomic mass is 79.9. The zero-order chi connectivity index (χ0) is 32.0. The Morgan fingerprint density at radius 1 is 0.935 bits per heavy atom. The molecule has 12 heteroatoms. The van der Waals surface area contributed by atoms with Crippen LogP contribution in [0.15, 0.2) is 81.9 Å². The van der Waals surface area contributed by atoms with E-state index in [1.54, 1.807) is 6.07 Å². The molecule has 1 aliphatic rings. The van der Waals surface area contributed by atoms with Crippen LogP contribution in [0.1, 0.15) is 23.1 Å². The minimum atomic E-state index is -0.790. The molecule has 0 unspecified atom stereocenters. The van der Waals surface area contributed by atoms with Crippen molar-refractivity contribution in [3.05, 3.63) is 99.0 Å². The number of carboxylic acid groups (broad SMARTS) is 1. The summed E-state index contributed by atoms with van der Waals surface area (Å²) in [6.07, 6.45) is 0.566. The molecule has 0 radical (unpaired) electrons. The van der Waals surface area contributed by atoms with E-state index in [0.29, 0.717) is 60.2 Å². The maximum Gasteiger partial charge on any atom is 0.309 e. The molecule has 1 fully saturated rings. The standard InChI is InChI=1S/C34H31BrClN3O7/c35-33-23(5-2-7-27(33)22-4-1-6-26(13-22)43-11-3-10-40)20-45-32-15-31(44-19-21-8-9-29-30(12-21)38-46-37-29)24(14-28(32)36)16-39-17-25(18-39)34(41)42/h1-2,4-9,12-15,25,40H,3,10-11,16-20H2,(H,41,42). The number of nitrogens with zero attached hydrogens (tertiary/aromatic N) is 3. The number of likely N-dealkylation sites (tertiary alicyclic amines) is 1. The van der Waals surface area contributed by atoms with Crippen LogP contribution in [0.25, 0.3) is 22.2 Å². The van der Waals surface area contributed by atoms with Gasteiger partial charge in [-0.2, -0.15) is 0 Å². The molecule has 0 amide bonds. The Labute approximate surface area is 278 Å². The van der Waals surface area contributed by atoms with Crippen LogP contribution in [0.2, 0.25) is 5.02 Å². The number of rotatable bonds is 14. The molecule has 1 aliphatic heterocycles. The van der Waals surface area contributed by atoms with Crippen LogP contribution in [0.4, 0.5) is 0 Å². The average Bonchev–Trinajstić information content (AvgIpc) is 3.50. The number of benzene rings is 4. The van der Waals surface area contributed by atoms with Gasteiger partial charge in [0.1, 0.15) is 41.5 Å². The lowest BCUT2D eigenvalue weighted by Crippen LogP contribution is -2.49. The van der Waals surface area contributed by atoms with Crippen LogP contribution in [-0.4, -0.2) is 57.7 Å². The number of aliphatic hydroxyl groups excluding tert-OH is 1. The van der Waals surface area contributed by atoms with Gasteiger partial charge >= 0.3 is 5.97 Å². The molecular weight excluding hydrogens is 678 g/mol. The Morgan fingerprint density at radius 3 is 2.57 bits per heavy atom. The van der Waals surface area contributed by atoms with E-state index in [1.165, 1.54) is 0 Å². The minimum absolute atomic E-state index is 0.0806. The van der Waals surface area contributed by atoms with E-state index in [4.69, 9.17) is 35.5 Å². The summed E-state index contributed by atoms with van der Waals surface area (Å²) < 4.78 is 24.0. The van der Waals surface area contributed by atoms with Crippen molar-refractivity contribution in [2.45, 2.75) is 26.2 Å². The molecule has 0 bridgehead atoms. The SMILES string of the molecule is O=C(O)C1CN(Cc2cc(Cl)c(OCc3cccc(-c4cccc(OCCCO)c4)c3Br)cc2OCc2ccc3nonc3c2)C1. The summed E-state index contributed by atoms with van der Waals surface area (Å²) in [5.41, 5.74) is 5.88. The van der Waals surface area contributed by atoms with Crippen LogP contribution in [0.5, 0.6) is 17.2 Å². The normalized spacial score (nSPS) is 13.5. The van der Waals surface area contributed by atoms with Crippen molar-refractivity contribution in [2.75, 3.05) is 26.3 Å². The predicted octanol–water partition coefficient (Wildman–Crippen LogP) is 6.74. The monoisotopic (exact) mass is 707 g/mol. The van der Waals surface area contributed by atoms with E-state index in [-0.39, 0.29) is 25.7 Å². The molecule has 6 rings (SSSR count). The van der Waals surface area contributed by atoms with Gasteiger partial charge in [0.05, 0.1) is 17.5 Å². The van der Waals surface area contributed by atoms with Gasteiger partial charge in [0.25, 0.3) is 0 Å². The molecule has 5 aromatic rings. The number of aliphatic hydroxyl groups is 1. The van der Waals surface area contributed by atoms with E-state index in [9.17, 15) is 9.90 Å². The van der Waals surface area contributed by atoms with Crippen molar-refractivity contribution < 1.29 is 33.8 Å². The molecule has 10 nitrogen and oxygen atoms in total. The van der Waals surface area contributed by atoms with Gasteiger partial charge in [0, 0.05) is 54.3 Å². The molecule has 0 aliphatic carbocycles. The molecule has 0 spiro atoms. The Balaban J connectivity index is 1.20. The third kappa shape index (κ3) is 7.45. The Kier molecular flexibility index (Phi) is 10.0. The van der Waals surface area contributed by atoms with Gasteiger partial charge in [-0.15, -0.1) is 0 Å². The largest absolute Gasteiger partial charge is 0.493 e. The number of aliphatic carboxylic acids is 1. The Bertz CT molecular complexity index is 1840. The number of aromatic nitrogens is 2. The van der Waals surface area contributed by atoms with Crippen molar-refractivity contribution in [1.82, 2.24) is 15.2 Å². The smallest absolute Gasteiger partial charge is 0.309 e. The zero-order valence-electron chi connectivity index (χ0n) is 24.7. The van der Waals surface area contributed by atoms with E-state index < -0.39 is 5.97 Å². The summed E-state index contributed by atoms with van der Waals surface area (Å²) in [6, 6.07) is 22.9. The molecular formula is C34H31BrClN3O7. The summed E-state index contributed by atoms with van der Waals surface area (Å²) in [5, 5.41) is 26.5. The van der Waals surface area contributed by atoms with Gasteiger partial charge in [0.15, 0.2) is 0 Å². The van der Waals surface area contributed by atoms with Gasteiger partial charge in [-0.05, 0) is 73.3 Å². The van der Waals surface area contributed by atoms with Crippen LogP contribution >= 0.6 is 27.5 Å². The van der Waals surface area contributed by atoms with E-state index in [2.05, 4.69) is 26.2 Å².